The molecular weight excluding hydrogens is 215 g/mol. The van der Waals surface area contributed by atoms with Gasteiger partial charge in [-0.1, -0.05) is 5.11 Å². The smallest absolute Gasteiger partial charge is 0.407 e. The van der Waals surface area contributed by atoms with Gasteiger partial charge >= 0.3 is 6.09 Å². The van der Waals surface area contributed by atoms with Crippen LogP contribution in [0.2, 0.25) is 0 Å². The molecule has 0 aromatic carbocycles. The van der Waals surface area contributed by atoms with Crippen LogP contribution in [0.5, 0.6) is 0 Å². The predicted octanol–water partition coefficient (Wildman–Crippen LogP) is 2.67. The Hall–Kier alpha value is -1.75. The number of nitrogens with zero attached hydrogens (tertiary/aromatic N) is 3. The average Bonchev–Trinajstić information content (AvgIpc) is 2.11. The van der Waals surface area contributed by atoms with E-state index in [9.17, 15) is 9.18 Å². The molecule has 0 aliphatic rings. The summed E-state index contributed by atoms with van der Waals surface area (Å²) in [5.74, 6) is -0.603. The number of alkyl carbamates (subject to hydrolysis) is 1. The summed E-state index contributed by atoms with van der Waals surface area (Å²) in [4.78, 5) is 13.5. The van der Waals surface area contributed by atoms with Gasteiger partial charge in [-0.15, -0.1) is 0 Å². The average molecular weight is 230 g/mol. The van der Waals surface area contributed by atoms with Crippen LogP contribution in [0.25, 0.3) is 10.4 Å². The molecule has 0 radical (unpaired) electrons. The maximum Gasteiger partial charge on any atom is 0.407 e. The first-order chi connectivity index (χ1) is 7.35. The lowest BCUT2D eigenvalue weighted by atomic mass is 10.2. The lowest BCUT2D eigenvalue weighted by Gasteiger charge is -2.19. The van der Waals surface area contributed by atoms with E-state index >= 15 is 0 Å². The van der Waals surface area contributed by atoms with Gasteiger partial charge < -0.3 is 10.1 Å². The van der Waals surface area contributed by atoms with Crippen LogP contribution < -0.4 is 5.32 Å². The fourth-order valence-electron chi connectivity index (χ4n) is 0.723. The third-order valence-electron chi connectivity index (χ3n) is 1.25. The van der Waals surface area contributed by atoms with Crippen LogP contribution in [0.1, 0.15) is 20.8 Å². The molecule has 1 amide bonds. The number of hydrogen-bond acceptors (Lipinski definition) is 3. The molecule has 0 aromatic rings. The molecule has 0 unspecified atom stereocenters. The molecule has 0 aromatic heterocycles. The van der Waals surface area contributed by atoms with Crippen LogP contribution in [-0.4, -0.2) is 24.8 Å². The number of halogens is 1. The van der Waals surface area contributed by atoms with Gasteiger partial charge in [0.25, 0.3) is 0 Å². The molecule has 0 heterocycles. The summed E-state index contributed by atoms with van der Waals surface area (Å²) < 4.78 is 17.7. The zero-order valence-corrected chi connectivity index (χ0v) is 9.53. The second kappa shape index (κ2) is 6.68. The second-order valence-corrected chi connectivity index (χ2v) is 3.92. The summed E-state index contributed by atoms with van der Waals surface area (Å²) in [6.07, 6.45) is 0.485. The van der Waals surface area contributed by atoms with Crippen molar-refractivity contribution in [1.29, 1.82) is 0 Å². The lowest BCUT2D eigenvalue weighted by molar-refractivity contribution is 0.0534. The number of carbonyl (C=O) groups excluding carboxylic acids is 1. The number of hydrogen-bond donors (Lipinski definition) is 1. The summed E-state index contributed by atoms with van der Waals surface area (Å²) in [5.41, 5.74) is 7.35. The molecule has 6 nitrogen and oxygen atoms in total. The van der Waals surface area contributed by atoms with Gasteiger partial charge in [0.2, 0.25) is 0 Å². The van der Waals surface area contributed by atoms with Crippen LogP contribution in [-0.2, 0) is 4.74 Å². The zero-order valence-electron chi connectivity index (χ0n) is 9.53. The van der Waals surface area contributed by atoms with Crippen LogP contribution >= 0.6 is 0 Å². The summed E-state index contributed by atoms with van der Waals surface area (Å²) >= 11 is 0. The van der Waals surface area contributed by atoms with Crippen molar-refractivity contribution in [3.8, 4) is 0 Å². The summed E-state index contributed by atoms with van der Waals surface area (Å²) in [5, 5.41) is 5.36. The Morgan fingerprint density at radius 2 is 2.25 bits per heavy atom. The Morgan fingerprint density at radius 1 is 1.62 bits per heavy atom. The van der Waals surface area contributed by atoms with E-state index in [0.29, 0.717) is 0 Å². The molecule has 0 aliphatic carbocycles. The van der Waals surface area contributed by atoms with Crippen LogP contribution in [0.3, 0.4) is 0 Å². The van der Waals surface area contributed by atoms with Crippen molar-refractivity contribution >= 4 is 6.09 Å². The molecule has 0 aliphatic heterocycles. The number of nitrogens with one attached hydrogen (secondary N) is 1. The van der Waals surface area contributed by atoms with E-state index in [1.54, 1.807) is 20.8 Å². The highest BCUT2D eigenvalue weighted by atomic mass is 19.1. The van der Waals surface area contributed by atoms with Crippen molar-refractivity contribution in [2.24, 2.45) is 5.11 Å². The Balaban J connectivity index is 3.89. The Kier molecular flexibility index (Phi) is 5.95. The van der Waals surface area contributed by atoms with E-state index in [0.717, 1.165) is 6.08 Å². The minimum atomic E-state index is -0.625. The first-order valence-electron chi connectivity index (χ1n) is 4.67. The number of carbonyl (C=O) groups is 1. The maximum absolute atomic E-state index is 12.8. The summed E-state index contributed by atoms with van der Waals surface area (Å²) in [6.45, 7) is 4.81. The molecule has 0 fully saturated rings. The van der Waals surface area contributed by atoms with E-state index in [-0.39, 0.29) is 13.1 Å². The van der Waals surface area contributed by atoms with Gasteiger partial charge in [0.05, 0.1) is 6.54 Å². The third-order valence-corrected chi connectivity index (χ3v) is 1.25. The Morgan fingerprint density at radius 3 is 2.75 bits per heavy atom. The fourth-order valence-corrected chi connectivity index (χ4v) is 0.723. The Bertz CT molecular complexity index is 316. The van der Waals surface area contributed by atoms with Crippen molar-refractivity contribution in [1.82, 2.24) is 5.32 Å². The standard InChI is InChI=1S/C9H15FN4O2/c1-9(2,3)16-8(15)12-5-4-7(10)6-13-14-11/h4H,5-6H2,1-3H3,(H,12,15)/b7-4-. The van der Waals surface area contributed by atoms with Crippen LogP contribution in [0.15, 0.2) is 17.0 Å². The van der Waals surface area contributed by atoms with Crippen molar-refractivity contribution < 1.29 is 13.9 Å². The monoisotopic (exact) mass is 230 g/mol. The summed E-state index contributed by atoms with van der Waals surface area (Å²) in [7, 11) is 0. The fraction of sp³-hybridized carbons (Fsp3) is 0.667. The normalized spacial score (nSPS) is 11.6. The zero-order chi connectivity index (χ0) is 12.6. The largest absolute Gasteiger partial charge is 0.444 e. The van der Waals surface area contributed by atoms with E-state index in [1.807, 2.05) is 0 Å². The number of amides is 1. The van der Waals surface area contributed by atoms with E-state index < -0.39 is 17.5 Å². The minimum absolute atomic E-state index is 0.0122. The van der Waals surface area contributed by atoms with Crippen molar-refractivity contribution in [3.63, 3.8) is 0 Å². The highest BCUT2D eigenvalue weighted by Crippen LogP contribution is 2.06. The summed E-state index contributed by atoms with van der Waals surface area (Å²) in [6, 6.07) is 0. The predicted molar refractivity (Wildman–Crippen MR) is 57.4 cm³/mol. The van der Waals surface area contributed by atoms with E-state index in [1.165, 1.54) is 0 Å². The minimum Gasteiger partial charge on any atom is -0.444 e. The third kappa shape index (κ3) is 8.83. The van der Waals surface area contributed by atoms with Crippen LogP contribution in [0.4, 0.5) is 9.18 Å². The van der Waals surface area contributed by atoms with Crippen molar-refractivity contribution in [3.05, 3.63) is 22.3 Å². The second-order valence-electron chi connectivity index (χ2n) is 3.92. The topological polar surface area (TPSA) is 87.1 Å². The first-order valence-corrected chi connectivity index (χ1v) is 4.67. The molecule has 0 saturated carbocycles. The van der Waals surface area contributed by atoms with Gasteiger partial charge in [-0.05, 0) is 32.4 Å². The molecular formula is C9H15FN4O2. The van der Waals surface area contributed by atoms with Crippen molar-refractivity contribution in [2.75, 3.05) is 13.1 Å². The molecule has 1 N–H and O–H groups in total. The SMILES string of the molecule is CC(C)(C)OC(=O)NC/C=C(\F)CN=[N+]=[N-]. The molecule has 0 spiro atoms. The van der Waals surface area contributed by atoms with Gasteiger partial charge in [0, 0.05) is 11.5 Å². The van der Waals surface area contributed by atoms with Gasteiger partial charge in [0.1, 0.15) is 11.4 Å². The maximum atomic E-state index is 12.8. The first kappa shape index (κ1) is 14.2. The van der Waals surface area contributed by atoms with Gasteiger partial charge in [0.15, 0.2) is 0 Å². The molecule has 0 atom stereocenters. The lowest BCUT2D eigenvalue weighted by Crippen LogP contribution is -2.32. The molecule has 0 rings (SSSR count). The molecule has 0 saturated heterocycles. The highest BCUT2D eigenvalue weighted by molar-refractivity contribution is 5.67. The Labute approximate surface area is 93.1 Å². The van der Waals surface area contributed by atoms with Crippen molar-refractivity contribution in [2.45, 2.75) is 26.4 Å². The number of azide groups is 1. The highest BCUT2D eigenvalue weighted by Gasteiger charge is 2.15. The number of ether oxygens (including phenoxy) is 1. The quantitative estimate of drug-likeness (QED) is 0.457. The van der Waals surface area contributed by atoms with Gasteiger partial charge in [-0.3, -0.25) is 0 Å². The van der Waals surface area contributed by atoms with Gasteiger partial charge in [-0.25, -0.2) is 9.18 Å². The van der Waals surface area contributed by atoms with E-state index in [2.05, 4.69) is 15.3 Å². The van der Waals surface area contributed by atoms with Crippen LogP contribution in [0, 0.1) is 0 Å². The van der Waals surface area contributed by atoms with E-state index in [4.69, 9.17) is 10.3 Å². The molecule has 16 heavy (non-hydrogen) atoms. The molecule has 90 valence electrons. The number of rotatable bonds is 4. The molecule has 7 heteroatoms. The van der Waals surface area contributed by atoms with Gasteiger partial charge in [-0.2, -0.15) is 0 Å². The molecule has 0 bridgehead atoms.